The first-order valence-electron chi connectivity index (χ1n) is 8.93. The highest BCUT2D eigenvalue weighted by Gasteiger charge is 2.27. The average Bonchev–Trinajstić information content (AvgIpc) is 2.70. The Morgan fingerprint density at radius 2 is 1.86 bits per heavy atom. The van der Waals surface area contributed by atoms with Crippen molar-refractivity contribution in [2.24, 2.45) is 5.92 Å². The Balaban J connectivity index is 2.01. The summed E-state index contributed by atoms with van der Waals surface area (Å²) in [7, 11) is 0. The number of carbonyl (C=O) groups excluding carboxylic acids is 2. The molecule has 2 atom stereocenters. The van der Waals surface area contributed by atoms with Crippen LogP contribution >= 0.6 is 0 Å². The normalized spacial score (nSPS) is 12.5. The van der Waals surface area contributed by atoms with Gasteiger partial charge >= 0.3 is 6.09 Å². The molecule has 2 aromatic carbocycles. The van der Waals surface area contributed by atoms with Crippen molar-refractivity contribution < 1.29 is 19.2 Å². The van der Waals surface area contributed by atoms with E-state index in [1.807, 2.05) is 44.2 Å². The first-order chi connectivity index (χ1) is 13.4. The van der Waals surface area contributed by atoms with Crippen molar-refractivity contribution in [3.8, 4) is 0 Å². The molecule has 0 fully saturated rings. The third-order valence-corrected chi connectivity index (χ3v) is 4.31. The predicted octanol–water partition coefficient (Wildman–Crippen LogP) is 3.87. The number of non-ortho nitro benzene ring substituents is 1. The molecule has 2 aromatic rings. The smallest absolute Gasteiger partial charge is 0.408 e. The molecule has 28 heavy (non-hydrogen) atoms. The molecule has 0 radical (unpaired) electrons. The maximum atomic E-state index is 12.7. The van der Waals surface area contributed by atoms with E-state index in [4.69, 9.17) is 4.74 Å². The number of alkyl carbamates (subject to hydrolysis) is 1. The van der Waals surface area contributed by atoms with Crippen LogP contribution in [0.4, 0.5) is 16.2 Å². The second kappa shape index (κ2) is 10.1. The minimum atomic E-state index is -0.840. The second-order valence-electron chi connectivity index (χ2n) is 6.37. The van der Waals surface area contributed by atoms with Gasteiger partial charge < -0.3 is 15.4 Å². The van der Waals surface area contributed by atoms with Crippen molar-refractivity contribution in [3.63, 3.8) is 0 Å². The van der Waals surface area contributed by atoms with E-state index in [0.717, 1.165) is 5.56 Å². The Morgan fingerprint density at radius 3 is 2.50 bits per heavy atom. The molecule has 0 aliphatic carbocycles. The van der Waals surface area contributed by atoms with Gasteiger partial charge in [-0.3, -0.25) is 14.9 Å². The predicted molar refractivity (Wildman–Crippen MR) is 105 cm³/mol. The van der Waals surface area contributed by atoms with Crippen LogP contribution in [0.2, 0.25) is 0 Å². The third kappa shape index (κ3) is 6.08. The van der Waals surface area contributed by atoms with Crippen molar-refractivity contribution >= 4 is 23.4 Å². The van der Waals surface area contributed by atoms with Crippen LogP contribution in [-0.4, -0.2) is 23.0 Å². The number of nitro benzene ring substituents is 1. The van der Waals surface area contributed by atoms with Gasteiger partial charge in [0, 0.05) is 17.8 Å². The van der Waals surface area contributed by atoms with Crippen LogP contribution in [-0.2, 0) is 16.1 Å². The number of nitrogens with one attached hydrogen (secondary N) is 2. The fourth-order valence-electron chi connectivity index (χ4n) is 2.51. The number of rotatable bonds is 8. The van der Waals surface area contributed by atoms with E-state index < -0.39 is 23.0 Å². The molecule has 0 aliphatic rings. The number of anilines is 1. The molecule has 2 rings (SSSR count). The van der Waals surface area contributed by atoms with Crippen LogP contribution in [0, 0.1) is 16.0 Å². The molecule has 0 unspecified atom stereocenters. The summed E-state index contributed by atoms with van der Waals surface area (Å²) < 4.78 is 5.18. The van der Waals surface area contributed by atoms with Crippen LogP contribution in [0.3, 0.4) is 0 Å². The Kier molecular flexibility index (Phi) is 7.50. The summed E-state index contributed by atoms with van der Waals surface area (Å²) in [6.45, 7) is 3.82. The summed E-state index contributed by atoms with van der Waals surface area (Å²) in [5, 5.41) is 16.1. The Labute approximate surface area is 163 Å². The monoisotopic (exact) mass is 385 g/mol. The summed E-state index contributed by atoms with van der Waals surface area (Å²) in [5.74, 6) is -0.630. The second-order valence-corrected chi connectivity index (χ2v) is 6.37. The lowest BCUT2D eigenvalue weighted by Gasteiger charge is -2.23. The van der Waals surface area contributed by atoms with Crippen LogP contribution < -0.4 is 10.6 Å². The van der Waals surface area contributed by atoms with Gasteiger partial charge in [-0.05, 0) is 17.5 Å². The summed E-state index contributed by atoms with van der Waals surface area (Å²) in [6.07, 6.45) is -0.0604. The fourth-order valence-corrected chi connectivity index (χ4v) is 2.51. The van der Waals surface area contributed by atoms with Crippen molar-refractivity contribution in [3.05, 3.63) is 70.3 Å². The molecule has 0 spiro atoms. The van der Waals surface area contributed by atoms with Gasteiger partial charge in [-0.2, -0.15) is 0 Å². The van der Waals surface area contributed by atoms with Crippen molar-refractivity contribution in [1.82, 2.24) is 5.32 Å². The SMILES string of the molecule is CC[C@H](C)[C@H](NC(=O)OCc1ccccc1)C(=O)Nc1cccc([N+](=O)[O-])c1. The molecule has 8 heteroatoms. The first-order valence-corrected chi connectivity index (χ1v) is 8.93. The topological polar surface area (TPSA) is 111 Å². The Hall–Kier alpha value is -3.42. The maximum Gasteiger partial charge on any atom is 0.408 e. The van der Waals surface area contributed by atoms with Gasteiger partial charge in [-0.1, -0.05) is 56.7 Å². The molecule has 0 heterocycles. The van der Waals surface area contributed by atoms with E-state index in [2.05, 4.69) is 10.6 Å². The molecule has 2 N–H and O–H groups in total. The minimum Gasteiger partial charge on any atom is -0.445 e. The molecule has 0 saturated heterocycles. The largest absolute Gasteiger partial charge is 0.445 e. The summed E-state index contributed by atoms with van der Waals surface area (Å²) in [5.41, 5.74) is 0.985. The first kappa shape index (κ1) is 20.9. The number of amides is 2. The maximum absolute atomic E-state index is 12.7. The zero-order valence-electron chi connectivity index (χ0n) is 15.8. The fraction of sp³-hybridized carbons (Fsp3) is 0.300. The zero-order valence-corrected chi connectivity index (χ0v) is 15.8. The van der Waals surface area contributed by atoms with Gasteiger partial charge in [0.25, 0.3) is 5.69 Å². The lowest BCUT2D eigenvalue weighted by molar-refractivity contribution is -0.384. The Bertz CT molecular complexity index is 826. The van der Waals surface area contributed by atoms with E-state index in [9.17, 15) is 19.7 Å². The van der Waals surface area contributed by atoms with Gasteiger partial charge in [0.05, 0.1) is 4.92 Å². The molecule has 0 aromatic heterocycles. The summed E-state index contributed by atoms with van der Waals surface area (Å²) in [4.78, 5) is 35.1. The number of ether oxygens (including phenoxy) is 1. The summed E-state index contributed by atoms with van der Waals surface area (Å²) >= 11 is 0. The Morgan fingerprint density at radius 1 is 1.14 bits per heavy atom. The number of hydrogen-bond acceptors (Lipinski definition) is 5. The molecule has 2 amide bonds. The molecule has 148 valence electrons. The number of benzene rings is 2. The van der Waals surface area contributed by atoms with Crippen LogP contribution in [0.5, 0.6) is 0 Å². The van der Waals surface area contributed by atoms with Crippen molar-refractivity contribution in [2.75, 3.05) is 5.32 Å². The average molecular weight is 385 g/mol. The molecular formula is C20H23N3O5. The standard InChI is InChI=1S/C20H23N3O5/c1-3-14(2)18(22-20(25)28-13-15-8-5-4-6-9-15)19(24)21-16-10-7-11-17(12-16)23(26)27/h4-12,14,18H,3,13H2,1-2H3,(H,21,24)(H,22,25)/t14-,18-/m0/s1. The van der Waals surface area contributed by atoms with Crippen LogP contribution in [0.25, 0.3) is 0 Å². The lowest BCUT2D eigenvalue weighted by Crippen LogP contribution is -2.47. The molecule has 0 bridgehead atoms. The van der Waals surface area contributed by atoms with Crippen LogP contribution in [0.1, 0.15) is 25.8 Å². The third-order valence-electron chi connectivity index (χ3n) is 4.31. The summed E-state index contributed by atoms with van der Waals surface area (Å²) in [6, 6.07) is 14.0. The van der Waals surface area contributed by atoms with E-state index in [-0.39, 0.29) is 23.9 Å². The van der Waals surface area contributed by atoms with E-state index in [1.165, 1.54) is 18.2 Å². The number of carbonyl (C=O) groups is 2. The number of nitro groups is 1. The minimum absolute atomic E-state index is 0.0897. The molecule has 0 saturated carbocycles. The van der Waals surface area contributed by atoms with Crippen molar-refractivity contribution in [2.45, 2.75) is 32.9 Å². The van der Waals surface area contributed by atoms with Gasteiger partial charge in [-0.15, -0.1) is 0 Å². The number of nitrogens with zero attached hydrogens (tertiary/aromatic N) is 1. The van der Waals surface area contributed by atoms with E-state index >= 15 is 0 Å². The molecule has 8 nitrogen and oxygen atoms in total. The quantitative estimate of drug-likeness (QED) is 0.529. The van der Waals surface area contributed by atoms with E-state index in [1.54, 1.807) is 6.07 Å². The van der Waals surface area contributed by atoms with E-state index in [0.29, 0.717) is 6.42 Å². The zero-order chi connectivity index (χ0) is 20.5. The highest BCUT2D eigenvalue weighted by molar-refractivity contribution is 5.97. The highest BCUT2D eigenvalue weighted by Crippen LogP contribution is 2.18. The van der Waals surface area contributed by atoms with Gasteiger partial charge in [0.1, 0.15) is 12.6 Å². The van der Waals surface area contributed by atoms with Crippen molar-refractivity contribution in [1.29, 1.82) is 0 Å². The highest BCUT2D eigenvalue weighted by atomic mass is 16.6. The number of hydrogen-bond donors (Lipinski definition) is 2. The lowest BCUT2D eigenvalue weighted by atomic mass is 9.98. The van der Waals surface area contributed by atoms with Gasteiger partial charge in [-0.25, -0.2) is 4.79 Å². The van der Waals surface area contributed by atoms with Crippen LogP contribution in [0.15, 0.2) is 54.6 Å². The molecular weight excluding hydrogens is 362 g/mol. The van der Waals surface area contributed by atoms with Gasteiger partial charge in [0.2, 0.25) is 5.91 Å². The molecule has 0 aliphatic heterocycles. The van der Waals surface area contributed by atoms with Gasteiger partial charge in [0.15, 0.2) is 0 Å².